The van der Waals surface area contributed by atoms with E-state index in [1.54, 1.807) is 0 Å². The highest BCUT2D eigenvalue weighted by atomic mass is 79.9. The van der Waals surface area contributed by atoms with Crippen LogP contribution >= 0.6 is 15.9 Å². The van der Waals surface area contributed by atoms with E-state index in [4.69, 9.17) is 0 Å². The van der Waals surface area contributed by atoms with E-state index in [9.17, 15) is 4.79 Å². The Labute approximate surface area is 144 Å². The molecule has 0 unspecified atom stereocenters. The first-order chi connectivity index (χ1) is 11.2. The van der Waals surface area contributed by atoms with Crippen LogP contribution in [0.3, 0.4) is 0 Å². The molecule has 1 amide bonds. The van der Waals surface area contributed by atoms with Crippen molar-refractivity contribution in [2.45, 2.75) is 19.3 Å². The zero-order chi connectivity index (χ0) is 16.1. The maximum absolute atomic E-state index is 12.0. The number of aryl methyl sites for hydroxylation is 1. The third-order valence-electron chi connectivity index (χ3n) is 3.92. The van der Waals surface area contributed by atoms with Gasteiger partial charge in [0.2, 0.25) is 5.91 Å². The number of H-pyrrole nitrogens is 1. The summed E-state index contributed by atoms with van der Waals surface area (Å²) in [7, 11) is 0. The lowest BCUT2D eigenvalue weighted by Gasteiger charge is -2.05. The number of para-hydroxylation sites is 1. The number of benzene rings is 2. The van der Waals surface area contributed by atoms with Crippen molar-refractivity contribution >= 4 is 32.7 Å². The molecule has 0 aliphatic heterocycles. The molecule has 0 spiro atoms. The predicted octanol–water partition coefficient (Wildman–Crippen LogP) is 4.22. The molecule has 2 aromatic carbocycles. The van der Waals surface area contributed by atoms with Crippen molar-refractivity contribution in [2.24, 2.45) is 0 Å². The van der Waals surface area contributed by atoms with Crippen molar-refractivity contribution in [3.05, 3.63) is 70.3 Å². The van der Waals surface area contributed by atoms with Crippen LogP contribution in [0.2, 0.25) is 0 Å². The number of aromatic amines is 1. The second-order valence-corrected chi connectivity index (χ2v) is 6.51. The Hall–Kier alpha value is -2.07. The Bertz CT molecular complexity index is 810. The summed E-state index contributed by atoms with van der Waals surface area (Å²) in [5.41, 5.74) is 3.56. The molecule has 3 rings (SSSR count). The molecule has 0 saturated heterocycles. The lowest BCUT2D eigenvalue weighted by Crippen LogP contribution is -2.25. The van der Waals surface area contributed by atoms with Gasteiger partial charge < -0.3 is 10.3 Å². The van der Waals surface area contributed by atoms with Gasteiger partial charge in [-0.3, -0.25) is 4.79 Å². The lowest BCUT2D eigenvalue weighted by atomic mass is 10.1. The highest BCUT2D eigenvalue weighted by molar-refractivity contribution is 9.10. The number of halogens is 1. The monoisotopic (exact) mass is 370 g/mol. The van der Waals surface area contributed by atoms with E-state index in [1.165, 1.54) is 16.5 Å². The van der Waals surface area contributed by atoms with E-state index in [1.807, 2.05) is 36.5 Å². The first-order valence-electron chi connectivity index (χ1n) is 7.78. The Balaban J connectivity index is 1.46. The van der Waals surface area contributed by atoms with E-state index in [0.717, 1.165) is 22.8 Å². The van der Waals surface area contributed by atoms with Gasteiger partial charge in [0.15, 0.2) is 0 Å². The summed E-state index contributed by atoms with van der Waals surface area (Å²) in [6.45, 7) is 0.666. The van der Waals surface area contributed by atoms with Gasteiger partial charge in [0.25, 0.3) is 0 Å². The van der Waals surface area contributed by atoms with Crippen LogP contribution in [-0.2, 0) is 17.6 Å². The van der Waals surface area contributed by atoms with E-state index in [0.29, 0.717) is 13.0 Å². The molecular formula is C19H19BrN2O. The molecule has 0 fully saturated rings. The van der Waals surface area contributed by atoms with Gasteiger partial charge in [0, 0.05) is 34.5 Å². The van der Waals surface area contributed by atoms with Gasteiger partial charge in [-0.1, -0.05) is 46.3 Å². The fourth-order valence-electron chi connectivity index (χ4n) is 2.71. The predicted molar refractivity (Wildman–Crippen MR) is 97.5 cm³/mol. The van der Waals surface area contributed by atoms with Crippen molar-refractivity contribution in [2.75, 3.05) is 6.54 Å². The summed E-state index contributed by atoms with van der Waals surface area (Å²) in [4.78, 5) is 15.2. The van der Waals surface area contributed by atoms with E-state index >= 15 is 0 Å². The van der Waals surface area contributed by atoms with Gasteiger partial charge in [-0.15, -0.1) is 0 Å². The summed E-state index contributed by atoms with van der Waals surface area (Å²) >= 11 is 3.45. The maximum atomic E-state index is 12.0. The molecule has 1 aromatic heterocycles. The molecule has 0 aliphatic rings. The first-order valence-corrected chi connectivity index (χ1v) is 8.58. The Morgan fingerprint density at radius 2 is 1.96 bits per heavy atom. The first kappa shape index (κ1) is 15.8. The maximum Gasteiger partial charge on any atom is 0.220 e. The van der Waals surface area contributed by atoms with Crippen molar-refractivity contribution in [3.8, 4) is 0 Å². The van der Waals surface area contributed by atoms with Gasteiger partial charge >= 0.3 is 0 Å². The van der Waals surface area contributed by atoms with Gasteiger partial charge in [0.1, 0.15) is 0 Å². The number of fused-ring (bicyclic) bond motifs is 1. The number of carbonyl (C=O) groups is 1. The van der Waals surface area contributed by atoms with Crippen molar-refractivity contribution in [1.82, 2.24) is 10.3 Å². The smallest absolute Gasteiger partial charge is 0.220 e. The summed E-state index contributed by atoms with van der Waals surface area (Å²) in [5, 5.41) is 4.24. The van der Waals surface area contributed by atoms with Crippen LogP contribution in [0.25, 0.3) is 10.9 Å². The van der Waals surface area contributed by atoms with Crippen LogP contribution in [0.5, 0.6) is 0 Å². The average Bonchev–Trinajstić information content (AvgIpc) is 2.97. The fraction of sp³-hybridized carbons (Fsp3) is 0.211. The van der Waals surface area contributed by atoms with Gasteiger partial charge in [-0.2, -0.15) is 0 Å². The molecule has 0 radical (unpaired) electrons. The SMILES string of the molecule is O=C(CCc1cccc(Br)c1)NCCc1c[nH]c2ccccc12. The molecule has 118 valence electrons. The highest BCUT2D eigenvalue weighted by Gasteiger charge is 2.05. The summed E-state index contributed by atoms with van der Waals surface area (Å²) in [5.74, 6) is 0.102. The lowest BCUT2D eigenvalue weighted by molar-refractivity contribution is -0.121. The Morgan fingerprint density at radius 3 is 2.83 bits per heavy atom. The zero-order valence-corrected chi connectivity index (χ0v) is 14.4. The molecular weight excluding hydrogens is 352 g/mol. The summed E-state index contributed by atoms with van der Waals surface area (Å²) in [6.07, 6.45) is 4.15. The number of amides is 1. The minimum Gasteiger partial charge on any atom is -0.361 e. The third kappa shape index (κ3) is 4.23. The zero-order valence-electron chi connectivity index (χ0n) is 12.8. The molecule has 1 heterocycles. The quantitative estimate of drug-likeness (QED) is 0.670. The fourth-order valence-corrected chi connectivity index (χ4v) is 3.16. The number of rotatable bonds is 6. The molecule has 4 heteroatoms. The minimum absolute atomic E-state index is 0.102. The molecule has 3 nitrogen and oxygen atoms in total. The number of nitrogens with one attached hydrogen (secondary N) is 2. The summed E-state index contributed by atoms with van der Waals surface area (Å²) in [6, 6.07) is 16.3. The molecule has 0 saturated carbocycles. The topological polar surface area (TPSA) is 44.9 Å². The van der Waals surface area contributed by atoms with Crippen LogP contribution in [0.1, 0.15) is 17.5 Å². The van der Waals surface area contributed by atoms with Crippen LogP contribution in [0.15, 0.2) is 59.2 Å². The van der Waals surface area contributed by atoms with Gasteiger partial charge in [-0.05, 0) is 42.2 Å². The minimum atomic E-state index is 0.102. The number of hydrogen-bond donors (Lipinski definition) is 2. The standard InChI is InChI=1S/C19H19BrN2O/c20-16-5-3-4-14(12-16)8-9-19(23)21-11-10-15-13-22-18-7-2-1-6-17(15)18/h1-7,12-13,22H,8-11H2,(H,21,23). The third-order valence-corrected chi connectivity index (χ3v) is 4.41. The average molecular weight is 371 g/mol. The molecule has 0 aliphatic carbocycles. The second kappa shape index (κ2) is 7.47. The molecule has 3 aromatic rings. The van der Waals surface area contributed by atoms with Crippen LogP contribution in [0, 0.1) is 0 Å². The van der Waals surface area contributed by atoms with E-state index in [2.05, 4.69) is 44.4 Å². The van der Waals surface area contributed by atoms with Crippen LogP contribution < -0.4 is 5.32 Å². The number of carbonyl (C=O) groups excluding carboxylic acids is 1. The summed E-state index contributed by atoms with van der Waals surface area (Å²) < 4.78 is 1.05. The second-order valence-electron chi connectivity index (χ2n) is 5.59. The Kier molecular flexibility index (Phi) is 5.13. The number of hydrogen-bond acceptors (Lipinski definition) is 1. The molecule has 2 N–H and O–H groups in total. The van der Waals surface area contributed by atoms with Crippen molar-refractivity contribution < 1.29 is 4.79 Å². The molecule has 23 heavy (non-hydrogen) atoms. The van der Waals surface area contributed by atoms with E-state index < -0.39 is 0 Å². The highest BCUT2D eigenvalue weighted by Crippen LogP contribution is 2.17. The van der Waals surface area contributed by atoms with Crippen molar-refractivity contribution in [1.29, 1.82) is 0 Å². The number of aromatic nitrogens is 1. The van der Waals surface area contributed by atoms with Crippen LogP contribution in [0.4, 0.5) is 0 Å². The largest absolute Gasteiger partial charge is 0.361 e. The Morgan fingerprint density at radius 1 is 1.09 bits per heavy atom. The van der Waals surface area contributed by atoms with E-state index in [-0.39, 0.29) is 5.91 Å². The normalized spacial score (nSPS) is 10.8. The molecule has 0 bridgehead atoms. The van der Waals surface area contributed by atoms with Gasteiger partial charge in [-0.25, -0.2) is 0 Å². The van der Waals surface area contributed by atoms with Crippen LogP contribution in [-0.4, -0.2) is 17.4 Å². The molecule has 0 atom stereocenters. The van der Waals surface area contributed by atoms with Crippen molar-refractivity contribution in [3.63, 3.8) is 0 Å². The van der Waals surface area contributed by atoms with Gasteiger partial charge in [0.05, 0.1) is 0 Å².